The van der Waals surface area contributed by atoms with Crippen LogP contribution in [0.5, 0.6) is 0 Å². The molecule has 0 aromatic carbocycles. The monoisotopic (exact) mass is 288 g/mol. The number of aldehydes is 1. The van der Waals surface area contributed by atoms with Gasteiger partial charge in [0.05, 0.1) is 12.7 Å². The zero-order chi connectivity index (χ0) is 14.7. The number of nitrogens with one attached hydrogen (secondary N) is 1. The zero-order valence-corrected chi connectivity index (χ0v) is 12.0. The Hall–Kier alpha value is -1.95. The molecule has 1 amide bonds. The molecule has 2 aliphatic rings. The van der Waals surface area contributed by atoms with Gasteiger partial charge in [0.15, 0.2) is 6.29 Å². The van der Waals surface area contributed by atoms with Crippen molar-refractivity contribution in [3.63, 3.8) is 0 Å². The van der Waals surface area contributed by atoms with Crippen molar-refractivity contribution < 1.29 is 9.59 Å². The third-order valence-corrected chi connectivity index (χ3v) is 4.15. The number of hydrogen-bond acceptors (Lipinski definition) is 4. The van der Waals surface area contributed by atoms with Crippen LogP contribution in [0.2, 0.25) is 0 Å². The minimum Gasteiger partial charge on any atom is -0.330 e. The van der Waals surface area contributed by atoms with Crippen LogP contribution < -0.4 is 5.32 Å². The second-order valence-electron chi connectivity index (χ2n) is 5.54. The summed E-state index contributed by atoms with van der Waals surface area (Å²) in [5.41, 5.74) is 0.582. The summed E-state index contributed by atoms with van der Waals surface area (Å²) in [6.45, 7) is 2.74. The number of carbonyl (C=O) groups excluding carboxylic acids is 2. The maximum atomic E-state index is 12.2. The van der Waals surface area contributed by atoms with Gasteiger partial charge in [0.1, 0.15) is 11.5 Å². The van der Waals surface area contributed by atoms with Crippen molar-refractivity contribution in [2.24, 2.45) is 0 Å². The van der Waals surface area contributed by atoms with Crippen molar-refractivity contribution in [3.8, 4) is 0 Å². The normalized spacial score (nSPS) is 22.3. The first kappa shape index (κ1) is 14.0. The Kier molecular flexibility index (Phi) is 4.15. The van der Waals surface area contributed by atoms with Gasteiger partial charge in [-0.15, -0.1) is 0 Å². The molecule has 1 saturated heterocycles. The van der Waals surface area contributed by atoms with Crippen molar-refractivity contribution in [1.29, 1.82) is 0 Å². The van der Waals surface area contributed by atoms with E-state index in [1.54, 1.807) is 17.2 Å². The average Bonchev–Trinajstić information content (AvgIpc) is 2.95. The number of carbonyl (C=O) groups is 2. The molecule has 1 fully saturated rings. The molecular formula is C15H20N4O2. The molecule has 0 spiro atoms. The van der Waals surface area contributed by atoms with Crippen LogP contribution in [-0.4, -0.2) is 45.8 Å². The summed E-state index contributed by atoms with van der Waals surface area (Å²) in [6.07, 6.45) is 9.54. The third kappa shape index (κ3) is 3.05. The van der Waals surface area contributed by atoms with Crippen LogP contribution in [0.4, 0.5) is 0 Å². The fourth-order valence-electron chi connectivity index (χ4n) is 2.91. The molecule has 2 aliphatic heterocycles. The molecular weight excluding hydrogens is 268 g/mol. The summed E-state index contributed by atoms with van der Waals surface area (Å²) in [7, 11) is 0. The standard InChI is InChI=1S/C15H20N4O2/c20-11-13-9-17-14-10-18(7-8-19(13)14)15(21)5-4-12-3-1-2-6-16-12/h4-5,9,11-12,16H,1-3,6-8,10H2/b5-4+/t12-/m0/s1. The molecule has 0 aliphatic carbocycles. The molecule has 1 aromatic heterocycles. The van der Waals surface area contributed by atoms with Crippen molar-refractivity contribution in [3.05, 3.63) is 29.9 Å². The Labute approximate surface area is 123 Å². The maximum absolute atomic E-state index is 12.2. The molecule has 1 N–H and O–H groups in total. The first-order valence-electron chi connectivity index (χ1n) is 7.48. The first-order valence-corrected chi connectivity index (χ1v) is 7.48. The lowest BCUT2D eigenvalue weighted by molar-refractivity contribution is -0.127. The Morgan fingerprint density at radius 3 is 3.05 bits per heavy atom. The molecule has 6 nitrogen and oxygen atoms in total. The number of fused-ring (bicyclic) bond motifs is 1. The van der Waals surface area contributed by atoms with Crippen LogP contribution in [0.1, 0.15) is 35.6 Å². The maximum Gasteiger partial charge on any atom is 0.246 e. The number of imidazole rings is 1. The Morgan fingerprint density at radius 2 is 2.29 bits per heavy atom. The SMILES string of the molecule is O=Cc1cnc2n1CCN(C(=O)/C=C/[C@@H]1CCCCN1)C2. The number of hydrogen-bond donors (Lipinski definition) is 1. The molecule has 0 bridgehead atoms. The summed E-state index contributed by atoms with van der Waals surface area (Å²) in [4.78, 5) is 29.1. The van der Waals surface area contributed by atoms with Crippen molar-refractivity contribution >= 4 is 12.2 Å². The number of amides is 1. The van der Waals surface area contributed by atoms with Crippen LogP contribution >= 0.6 is 0 Å². The molecule has 3 heterocycles. The first-order chi connectivity index (χ1) is 10.3. The summed E-state index contributed by atoms with van der Waals surface area (Å²) in [5.74, 6) is 0.796. The van der Waals surface area contributed by atoms with Gasteiger partial charge in [-0.3, -0.25) is 9.59 Å². The quantitative estimate of drug-likeness (QED) is 0.658. The van der Waals surface area contributed by atoms with Gasteiger partial charge < -0.3 is 14.8 Å². The van der Waals surface area contributed by atoms with Crippen LogP contribution in [0, 0.1) is 0 Å². The highest BCUT2D eigenvalue weighted by Crippen LogP contribution is 2.14. The van der Waals surface area contributed by atoms with Crippen LogP contribution in [-0.2, 0) is 17.9 Å². The minimum atomic E-state index is 0.0178. The summed E-state index contributed by atoms with van der Waals surface area (Å²) < 4.78 is 1.88. The lowest BCUT2D eigenvalue weighted by atomic mass is 10.0. The van der Waals surface area contributed by atoms with Gasteiger partial charge in [0.25, 0.3) is 0 Å². The molecule has 6 heteroatoms. The van der Waals surface area contributed by atoms with Crippen LogP contribution in [0.15, 0.2) is 18.3 Å². The predicted octanol–water partition coefficient (Wildman–Crippen LogP) is 0.736. The molecule has 3 rings (SSSR count). The minimum absolute atomic E-state index is 0.0178. The highest BCUT2D eigenvalue weighted by molar-refractivity contribution is 5.87. The van der Waals surface area contributed by atoms with Gasteiger partial charge in [-0.1, -0.05) is 12.5 Å². The highest BCUT2D eigenvalue weighted by Gasteiger charge is 2.22. The molecule has 0 radical (unpaired) electrons. The molecule has 0 unspecified atom stereocenters. The van der Waals surface area contributed by atoms with E-state index in [2.05, 4.69) is 10.3 Å². The van der Waals surface area contributed by atoms with Crippen molar-refractivity contribution in [1.82, 2.24) is 19.8 Å². The third-order valence-electron chi connectivity index (χ3n) is 4.15. The van der Waals surface area contributed by atoms with E-state index in [1.165, 1.54) is 12.8 Å². The molecule has 0 saturated carbocycles. The predicted molar refractivity (Wildman–Crippen MR) is 77.8 cm³/mol. The smallest absolute Gasteiger partial charge is 0.246 e. The fourth-order valence-corrected chi connectivity index (χ4v) is 2.91. The van der Waals surface area contributed by atoms with E-state index in [0.717, 1.165) is 25.1 Å². The number of rotatable bonds is 3. The van der Waals surface area contributed by atoms with E-state index in [9.17, 15) is 9.59 Å². The number of aromatic nitrogens is 2. The van der Waals surface area contributed by atoms with E-state index in [0.29, 0.717) is 31.4 Å². The Balaban J connectivity index is 1.61. The number of nitrogens with zero attached hydrogens (tertiary/aromatic N) is 3. The van der Waals surface area contributed by atoms with E-state index >= 15 is 0 Å². The Morgan fingerprint density at radius 1 is 1.38 bits per heavy atom. The van der Waals surface area contributed by atoms with Crippen molar-refractivity contribution in [2.75, 3.05) is 13.1 Å². The second-order valence-corrected chi connectivity index (χ2v) is 5.54. The van der Waals surface area contributed by atoms with Gasteiger partial charge in [-0.25, -0.2) is 4.98 Å². The molecule has 1 aromatic rings. The van der Waals surface area contributed by atoms with E-state index in [-0.39, 0.29) is 5.91 Å². The second kappa shape index (κ2) is 6.22. The molecule has 21 heavy (non-hydrogen) atoms. The highest BCUT2D eigenvalue weighted by atomic mass is 16.2. The van der Waals surface area contributed by atoms with Crippen LogP contribution in [0.25, 0.3) is 0 Å². The summed E-state index contributed by atoms with van der Waals surface area (Å²) in [5, 5.41) is 3.39. The average molecular weight is 288 g/mol. The molecule has 112 valence electrons. The lowest BCUT2D eigenvalue weighted by Crippen LogP contribution is -2.38. The van der Waals surface area contributed by atoms with Gasteiger partial charge in [-0.2, -0.15) is 0 Å². The Bertz CT molecular complexity index is 558. The van der Waals surface area contributed by atoms with Crippen LogP contribution in [0.3, 0.4) is 0 Å². The summed E-state index contributed by atoms with van der Waals surface area (Å²) in [6, 6.07) is 0.316. The van der Waals surface area contributed by atoms with Gasteiger partial charge >= 0.3 is 0 Å². The fraction of sp³-hybridized carbons (Fsp3) is 0.533. The molecule has 1 atom stereocenters. The van der Waals surface area contributed by atoms with Gasteiger partial charge in [-0.05, 0) is 19.4 Å². The largest absolute Gasteiger partial charge is 0.330 e. The number of piperidine rings is 1. The van der Waals surface area contributed by atoms with E-state index in [1.807, 2.05) is 10.6 Å². The summed E-state index contributed by atoms with van der Waals surface area (Å²) >= 11 is 0. The zero-order valence-electron chi connectivity index (χ0n) is 12.0. The topological polar surface area (TPSA) is 67.2 Å². The van der Waals surface area contributed by atoms with E-state index in [4.69, 9.17) is 0 Å². The lowest BCUT2D eigenvalue weighted by Gasteiger charge is -2.27. The van der Waals surface area contributed by atoms with E-state index < -0.39 is 0 Å². The van der Waals surface area contributed by atoms with Gasteiger partial charge in [0.2, 0.25) is 5.91 Å². The van der Waals surface area contributed by atoms with Crippen molar-refractivity contribution in [2.45, 2.75) is 38.4 Å². The van der Waals surface area contributed by atoms with Gasteiger partial charge in [0, 0.05) is 25.2 Å².